The lowest BCUT2D eigenvalue weighted by molar-refractivity contribution is -0.145. The maximum Gasteiger partial charge on any atom is 0.473 e. The number of esters is 1. The molecule has 194 valence electrons. The number of benzene rings is 1. The van der Waals surface area contributed by atoms with Gasteiger partial charge in [0.15, 0.2) is 5.60 Å². The summed E-state index contributed by atoms with van der Waals surface area (Å²) in [4.78, 5) is 23.3. The van der Waals surface area contributed by atoms with E-state index in [1.54, 1.807) is 12.1 Å². The maximum absolute atomic E-state index is 13.2. The number of phenolic OH excluding ortho intramolecular Hbond substituents is 1. The van der Waals surface area contributed by atoms with Crippen LogP contribution in [0, 0.1) is 5.92 Å². The summed E-state index contributed by atoms with van der Waals surface area (Å²) >= 11 is 0. The Labute approximate surface area is 207 Å². The van der Waals surface area contributed by atoms with E-state index in [2.05, 4.69) is 12.7 Å². The zero-order valence-electron chi connectivity index (χ0n) is 21.0. The van der Waals surface area contributed by atoms with E-state index in [0.29, 0.717) is 12.0 Å². The minimum atomic E-state index is -4.49. The van der Waals surface area contributed by atoms with E-state index in [4.69, 9.17) is 18.5 Å². The van der Waals surface area contributed by atoms with Crippen LogP contribution in [0.15, 0.2) is 35.9 Å². The van der Waals surface area contributed by atoms with Crippen LogP contribution in [-0.4, -0.2) is 41.9 Å². The fourth-order valence-corrected chi connectivity index (χ4v) is 5.60. The number of carbonyl (C=O) groups is 1. The molecule has 1 aromatic carbocycles. The largest absolute Gasteiger partial charge is 0.507 e. The third kappa shape index (κ3) is 6.83. The molecule has 0 spiro atoms. The van der Waals surface area contributed by atoms with Gasteiger partial charge >= 0.3 is 13.8 Å². The van der Waals surface area contributed by atoms with Crippen LogP contribution in [0.5, 0.6) is 11.5 Å². The first-order valence-corrected chi connectivity index (χ1v) is 13.6. The van der Waals surface area contributed by atoms with Gasteiger partial charge in [-0.1, -0.05) is 37.1 Å². The molecule has 8 nitrogen and oxygen atoms in total. The molecular formula is C26H37O8P. The molecule has 35 heavy (non-hydrogen) atoms. The molecule has 3 rings (SSSR count). The maximum atomic E-state index is 13.2. The molecule has 0 amide bonds. The van der Waals surface area contributed by atoms with Crippen molar-refractivity contribution in [1.29, 1.82) is 0 Å². The highest BCUT2D eigenvalue weighted by molar-refractivity contribution is 7.47. The molecule has 1 fully saturated rings. The minimum absolute atomic E-state index is 0.0578. The van der Waals surface area contributed by atoms with Crippen LogP contribution in [0.1, 0.15) is 69.9 Å². The van der Waals surface area contributed by atoms with Crippen LogP contribution in [0.25, 0.3) is 0 Å². The summed E-state index contributed by atoms with van der Waals surface area (Å²) in [7, 11) is -3.05. The molecular weight excluding hydrogens is 471 g/mol. The molecule has 0 aliphatic heterocycles. The van der Waals surface area contributed by atoms with E-state index in [1.165, 1.54) is 12.7 Å². The molecule has 2 N–H and O–H groups in total. The van der Waals surface area contributed by atoms with Gasteiger partial charge in [0.05, 0.1) is 13.2 Å². The number of hydrogen-bond donors (Lipinski definition) is 2. The van der Waals surface area contributed by atoms with E-state index in [9.17, 15) is 19.4 Å². The van der Waals surface area contributed by atoms with Gasteiger partial charge in [0.2, 0.25) is 0 Å². The molecule has 1 saturated carbocycles. The second-order valence-corrected chi connectivity index (χ2v) is 11.0. The predicted octanol–water partition coefficient (Wildman–Crippen LogP) is 5.58. The van der Waals surface area contributed by atoms with Crippen molar-refractivity contribution in [2.75, 3.05) is 20.3 Å². The molecule has 0 heterocycles. The molecule has 0 radical (unpaired) electrons. The Morgan fingerprint density at radius 2 is 2.00 bits per heavy atom. The van der Waals surface area contributed by atoms with Gasteiger partial charge in [-0.3, -0.25) is 9.05 Å². The van der Waals surface area contributed by atoms with Gasteiger partial charge < -0.3 is 19.5 Å². The lowest BCUT2D eigenvalue weighted by Crippen LogP contribution is -2.31. The van der Waals surface area contributed by atoms with Crippen molar-refractivity contribution in [2.45, 2.75) is 70.8 Å². The van der Waals surface area contributed by atoms with Crippen LogP contribution in [-0.2, 0) is 29.6 Å². The van der Waals surface area contributed by atoms with Gasteiger partial charge in [-0.2, -0.15) is 0 Å². The highest BCUT2D eigenvalue weighted by atomic mass is 31.2. The molecule has 0 bridgehead atoms. The molecule has 2 aliphatic rings. The van der Waals surface area contributed by atoms with E-state index in [-0.39, 0.29) is 49.4 Å². The summed E-state index contributed by atoms with van der Waals surface area (Å²) < 4.78 is 33.1. The van der Waals surface area contributed by atoms with Gasteiger partial charge in [0.25, 0.3) is 0 Å². The Morgan fingerprint density at radius 3 is 2.60 bits per heavy atom. The second kappa shape index (κ2) is 11.4. The van der Waals surface area contributed by atoms with Gasteiger partial charge in [-0.25, -0.2) is 9.36 Å². The summed E-state index contributed by atoms with van der Waals surface area (Å²) in [6.45, 7) is 10.1. The number of carbonyl (C=O) groups excluding carboxylic acids is 1. The number of aromatic hydroxyl groups is 1. The molecule has 9 heteroatoms. The Balaban J connectivity index is 1.93. The normalized spacial score (nSPS) is 22.7. The highest BCUT2D eigenvalue weighted by Gasteiger charge is 2.58. The fraction of sp³-hybridized carbons (Fsp3) is 0.577. The summed E-state index contributed by atoms with van der Waals surface area (Å²) in [5, 5.41) is 11.1. The van der Waals surface area contributed by atoms with Crippen molar-refractivity contribution in [3.05, 3.63) is 47.1 Å². The predicted molar refractivity (Wildman–Crippen MR) is 132 cm³/mol. The average molecular weight is 509 g/mol. The van der Waals surface area contributed by atoms with Crippen molar-refractivity contribution >= 4 is 13.8 Å². The third-order valence-electron chi connectivity index (χ3n) is 6.54. The Morgan fingerprint density at radius 1 is 1.29 bits per heavy atom. The molecule has 3 atom stereocenters. The quantitative estimate of drug-likeness (QED) is 0.124. The summed E-state index contributed by atoms with van der Waals surface area (Å²) in [5.74, 6) is -0.611. The van der Waals surface area contributed by atoms with Crippen LogP contribution >= 0.6 is 7.82 Å². The average Bonchev–Trinajstić information content (AvgIpc) is 3.53. The van der Waals surface area contributed by atoms with Crippen molar-refractivity contribution in [3.63, 3.8) is 0 Å². The van der Waals surface area contributed by atoms with E-state index >= 15 is 0 Å². The number of ether oxygens (including phenoxy) is 2. The number of methoxy groups -OCH3 is 1. The van der Waals surface area contributed by atoms with Crippen molar-refractivity contribution in [3.8, 4) is 11.5 Å². The summed E-state index contributed by atoms with van der Waals surface area (Å²) in [6.07, 6.45) is 5.93. The lowest BCUT2D eigenvalue weighted by Gasteiger charge is -2.32. The number of phosphoric acid groups is 1. The fourth-order valence-electron chi connectivity index (χ4n) is 4.55. The van der Waals surface area contributed by atoms with Crippen LogP contribution < -0.4 is 4.74 Å². The topological polar surface area (TPSA) is 112 Å². The summed E-state index contributed by atoms with van der Waals surface area (Å²) in [5.41, 5.74) is 1.98. The van der Waals surface area contributed by atoms with Gasteiger partial charge in [0.1, 0.15) is 11.5 Å². The molecule has 2 aliphatic carbocycles. The number of hydrogen-bond acceptors (Lipinski definition) is 7. The van der Waals surface area contributed by atoms with E-state index in [1.807, 2.05) is 20.8 Å². The second-order valence-electron chi connectivity index (χ2n) is 9.58. The minimum Gasteiger partial charge on any atom is -0.507 e. The number of rotatable bonds is 12. The Kier molecular flexibility index (Phi) is 9.00. The molecule has 0 saturated heterocycles. The molecule has 1 aromatic rings. The van der Waals surface area contributed by atoms with Crippen molar-refractivity contribution < 1.29 is 37.9 Å². The van der Waals surface area contributed by atoms with Crippen molar-refractivity contribution in [2.24, 2.45) is 5.92 Å². The Bertz CT molecular complexity index is 1030. The van der Waals surface area contributed by atoms with Gasteiger partial charge in [-0.15, -0.1) is 0 Å². The lowest BCUT2D eigenvalue weighted by atomic mass is 9.73. The van der Waals surface area contributed by atoms with Crippen LogP contribution in [0.4, 0.5) is 0 Å². The molecule has 0 aromatic heterocycles. The highest BCUT2D eigenvalue weighted by Crippen LogP contribution is 2.56. The zero-order valence-corrected chi connectivity index (χ0v) is 21.9. The first kappa shape index (κ1) is 27.6. The summed E-state index contributed by atoms with van der Waals surface area (Å²) in [6, 6.07) is 3.49. The zero-order chi connectivity index (χ0) is 25.8. The van der Waals surface area contributed by atoms with Crippen LogP contribution in [0.2, 0.25) is 0 Å². The first-order valence-electron chi connectivity index (χ1n) is 12.1. The van der Waals surface area contributed by atoms with E-state index < -0.39 is 19.4 Å². The first-order chi connectivity index (χ1) is 16.5. The number of phosphoric ester groups is 1. The number of phenols is 1. The Hall–Kier alpha value is -1.96. The van der Waals surface area contributed by atoms with Crippen LogP contribution in [0.3, 0.4) is 0 Å². The monoisotopic (exact) mass is 508 g/mol. The van der Waals surface area contributed by atoms with Gasteiger partial charge in [0, 0.05) is 18.6 Å². The number of allylic oxidation sites excluding steroid dienone is 3. The SMILES string of the molecule is C=C(C)[C@@H]1CCC(C)=C[C@H]1c1c(O)cc(CCC)cc1OC(=O)C1(OP(=O)(O)OCCOC)CC1. The number of aryl methyl sites for hydroxylation is 1. The third-order valence-corrected chi connectivity index (χ3v) is 7.63. The molecule has 1 unspecified atom stereocenters. The van der Waals surface area contributed by atoms with Crippen molar-refractivity contribution in [1.82, 2.24) is 0 Å². The van der Waals surface area contributed by atoms with E-state index in [0.717, 1.165) is 30.4 Å². The smallest absolute Gasteiger partial charge is 0.473 e. The standard InChI is InChI=1S/C26H37O8P/c1-6-7-19-15-22(27)24(21-14-18(4)8-9-20(21)17(2)3)23(16-19)33-25(28)26(10-11-26)34-35(29,30)32-13-12-31-5/h14-16,20-21,27H,2,6-13H2,1,3-5H3,(H,29,30)/t20-,21+/m0/s1. The van der Waals surface area contributed by atoms with Gasteiger partial charge in [-0.05, 0) is 69.6 Å².